The van der Waals surface area contributed by atoms with Gasteiger partial charge in [-0.15, -0.1) is 12.4 Å². The molecule has 1 saturated carbocycles. The van der Waals surface area contributed by atoms with Crippen molar-refractivity contribution in [2.75, 3.05) is 19.6 Å². The quantitative estimate of drug-likeness (QED) is 0.775. The highest BCUT2D eigenvalue weighted by molar-refractivity contribution is 5.85. The van der Waals surface area contributed by atoms with Crippen molar-refractivity contribution in [3.63, 3.8) is 0 Å². The van der Waals surface area contributed by atoms with Crippen molar-refractivity contribution in [3.8, 4) is 0 Å². The summed E-state index contributed by atoms with van der Waals surface area (Å²) in [5.74, 6) is -0.990. The van der Waals surface area contributed by atoms with E-state index >= 15 is 0 Å². The lowest BCUT2D eigenvalue weighted by atomic mass is 10.1. The molecule has 6 heteroatoms. The second-order valence-corrected chi connectivity index (χ2v) is 5.81. The summed E-state index contributed by atoms with van der Waals surface area (Å²) in [6.07, 6.45) is 7.79. The first-order chi connectivity index (χ1) is 9.15. The Morgan fingerprint density at radius 3 is 2.30 bits per heavy atom. The molecule has 1 aliphatic heterocycles. The molecule has 0 aromatic carbocycles. The highest BCUT2D eigenvalue weighted by Gasteiger charge is 2.29. The molecule has 0 bridgehead atoms. The van der Waals surface area contributed by atoms with Crippen LogP contribution >= 0.6 is 12.4 Å². The summed E-state index contributed by atoms with van der Waals surface area (Å²) in [5.41, 5.74) is 0. The van der Waals surface area contributed by atoms with Gasteiger partial charge in [-0.3, -0.25) is 14.5 Å². The molecule has 0 aromatic heterocycles. The molecule has 0 aromatic rings. The molecule has 20 heavy (non-hydrogen) atoms. The first-order valence-electron chi connectivity index (χ1n) is 7.39. The molecule has 2 N–H and O–H groups in total. The van der Waals surface area contributed by atoms with E-state index in [2.05, 4.69) is 5.32 Å². The van der Waals surface area contributed by atoms with E-state index in [4.69, 9.17) is 5.11 Å². The second kappa shape index (κ2) is 8.47. The fraction of sp³-hybridized carbons (Fsp3) is 0.857. The minimum absolute atomic E-state index is 0. The zero-order valence-corrected chi connectivity index (χ0v) is 12.7. The van der Waals surface area contributed by atoms with Crippen LogP contribution in [-0.4, -0.2) is 47.6 Å². The summed E-state index contributed by atoms with van der Waals surface area (Å²) < 4.78 is 0. The number of carboxylic acid groups (broad SMARTS) is 1. The van der Waals surface area contributed by atoms with Crippen molar-refractivity contribution in [1.82, 2.24) is 10.2 Å². The number of rotatable bonds is 4. The molecule has 116 valence electrons. The number of nitrogens with zero attached hydrogens (tertiary/aromatic N) is 1. The van der Waals surface area contributed by atoms with Gasteiger partial charge in [0.15, 0.2) is 0 Å². The van der Waals surface area contributed by atoms with E-state index in [0.29, 0.717) is 25.6 Å². The molecule has 2 aliphatic rings. The number of hydrogen-bond acceptors (Lipinski definition) is 3. The topological polar surface area (TPSA) is 69.6 Å². The van der Waals surface area contributed by atoms with Gasteiger partial charge >= 0.3 is 5.97 Å². The van der Waals surface area contributed by atoms with Crippen LogP contribution in [0, 0.1) is 5.92 Å². The summed E-state index contributed by atoms with van der Waals surface area (Å²) in [7, 11) is 0. The average molecular weight is 305 g/mol. The number of carbonyl (C=O) groups excluding carboxylic acids is 1. The Bertz CT molecular complexity index is 330. The van der Waals surface area contributed by atoms with Gasteiger partial charge in [0.05, 0.1) is 12.5 Å². The van der Waals surface area contributed by atoms with Gasteiger partial charge < -0.3 is 10.4 Å². The largest absolute Gasteiger partial charge is 0.481 e. The van der Waals surface area contributed by atoms with Crippen molar-refractivity contribution in [1.29, 1.82) is 0 Å². The molecule has 1 saturated heterocycles. The fourth-order valence-corrected chi connectivity index (χ4v) is 3.08. The molecule has 5 nitrogen and oxygen atoms in total. The standard InChI is InChI=1S/C14H24N2O3.ClH/c17-13(15-12-5-3-1-2-4-6-12)10-16-8-7-11(9-16)14(18)19;/h11-12H,1-10H2,(H,15,17)(H,18,19);1H. The number of carboxylic acids is 1. The van der Waals surface area contributed by atoms with Crippen molar-refractivity contribution in [2.24, 2.45) is 5.92 Å². The Morgan fingerprint density at radius 1 is 1.10 bits per heavy atom. The van der Waals surface area contributed by atoms with Gasteiger partial charge in [-0.2, -0.15) is 0 Å². The molecule has 0 radical (unpaired) electrons. The van der Waals surface area contributed by atoms with Crippen LogP contribution in [0.3, 0.4) is 0 Å². The van der Waals surface area contributed by atoms with Gasteiger partial charge in [-0.05, 0) is 25.8 Å². The van der Waals surface area contributed by atoms with Crippen LogP contribution in [0.4, 0.5) is 0 Å². The van der Waals surface area contributed by atoms with E-state index in [1.54, 1.807) is 0 Å². The lowest BCUT2D eigenvalue weighted by Gasteiger charge is -2.19. The average Bonchev–Trinajstić information content (AvgIpc) is 2.67. The molecule has 1 aliphatic carbocycles. The van der Waals surface area contributed by atoms with Gasteiger partial charge in [0.2, 0.25) is 5.91 Å². The molecule has 1 amide bonds. The molecule has 1 unspecified atom stereocenters. The molecule has 1 heterocycles. The van der Waals surface area contributed by atoms with E-state index in [1.165, 1.54) is 25.7 Å². The van der Waals surface area contributed by atoms with E-state index in [9.17, 15) is 9.59 Å². The SMILES string of the molecule is Cl.O=C(CN1CCC(C(=O)O)C1)NC1CCCCCC1. The highest BCUT2D eigenvalue weighted by Crippen LogP contribution is 2.18. The Labute approximate surface area is 126 Å². The predicted octanol–water partition coefficient (Wildman–Crippen LogP) is 1.65. The Morgan fingerprint density at radius 2 is 1.75 bits per heavy atom. The number of carbonyl (C=O) groups is 2. The lowest BCUT2D eigenvalue weighted by molar-refractivity contribution is -0.141. The molecule has 2 rings (SSSR count). The number of halogens is 1. The van der Waals surface area contributed by atoms with Crippen LogP contribution in [0.25, 0.3) is 0 Å². The predicted molar refractivity (Wildman–Crippen MR) is 79.1 cm³/mol. The van der Waals surface area contributed by atoms with Crippen molar-refractivity contribution < 1.29 is 14.7 Å². The van der Waals surface area contributed by atoms with Gasteiger partial charge in [0, 0.05) is 12.6 Å². The third-order valence-electron chi connectivity index (χ3n) is 4.21. The second-order valence-electron chi connectivity index (χ2n) is 5.81. The molecular weight excluding hydrogens is 280 g/mol. The smallest absolute Gasteiger partial charge is 0.307 e. The van der Waals surface area contributed by atoms with Crippen LogP contribution in [0.1, 0.15) is 44.9 Å². The minimum Gasteiger partial charge on any atom is -0.481 e. The normalized spacial score (nSPS) is 24.7. The van der Waals surface area contributed by atoms with Crippen LogP contribution in [0.5, 0.6) is 0 Å². The van der Waals surface area contributed by atoms with Gasteiger partial charge in [0.1, 0.15) is 0 Å². The summed E-state index contributed by atoms with van der Waals surface area (Å²) in [6, 6.07) is 0.327. The van der Waals surface area contributed by atoms with E-state index in [1.807, 2.05) is 4.90 Å². The van der Waals surface area contributed by atoms with Crippen molar-refractivity contribution in [2.45, 2.75) is 51.0 Å². The molecule has 0 spiro atoms. The fourth-order valence-electron chi connectivity index (χ4n) is 3.08. The maximum Gasteiger partial charge on any atom is 0.307 e. The Kier molecular flexibility index (Phi) is 7.30. The third-order valence-corrected chi connectivity index (χ3v) is 4.21. The van der Waals surface area contributed by atoms with Crippen LogP contribution in [0.2, 0.25) is 0 Å². The van der Waals surface area contributed by atoms with Crippen molar-refractivity contribution >= 4 is 24.3 Å². The van der Waals surface area contributed by atoms with Crippen LogP contribution in [-0.2, 0) is 9.59 Å². The molecule has 2 fully saturated rings. The monoisotopic (exact) mass is 304 g/mol. The lowest BCUT2D eigenvalue weighted by Crippen LogP contribution is -2.41. The van der Waals surface area contributed by atoms with Crippen LogP contribution < -0.4 is 5.32 Å². The highest BCUT2D eigenvalue weighted by atomic mass is 35.5. The zero-order chi connectivity index (χ0) is 13.7. The first kappa shape index (κ1) is 17.2. The number of aliphatic carboxylic acids is 1. The number of nitrogens with one attached hydrogen (secondary N) is 1. The molecule has 1 atom stereocenters. The summed E-state index contributed by atoms with van der Waals surface area (Å²) >= 11 is 0. The zero-order valence-electron chi connectivity index (χ0n) is 11.8. The number of hydrogen-bond donors (Lipinski definition) is 2. The maximum atomic E-state index is 12.0. The third kappa shape index (κ3) is 5.29. The molecular formula is C14H25ClN2O3. The Balaban J connectivity index is 0.00000200. The first-order valence-corrected chi connectivity index (χ1v) is 7.39. The number of amides is 1. The van der Waals surface area contributed by atoms with Crippen molar-refractivity contribution in [3.05, 3.63) is 0 Å². The van der Waals surface area contributed by atoms with Gasteiger partial charge in [-0.25, -0.2) is 0 Å². The maximum absolute atomic E-state index is 12.0. The van der Waals surface area contributed by atoms with Gasteiger partial charge in [0.25, 0.3) is 0 Å². The Hall–Kier alpha value is -0.810. The minimum atomic E-state index is -0.744. The van der Waals surface area contributed by atoms with Crippen LogP contribution in [0.15, 0.2) is 0 Å². The summed E-state index contributed by atoms with van der Waals surface area (Å²) in [5, 5.41) is 12.0. The summed E-state index contributed by atoms with van der Waals surface area (Å²) in [4.78, 5) is 24.8. The van der Waals surface area contributed by atoms with Gasteiger partial charge in [-0.1, -0.05) is 25.7 Å². The number of likely N-dealkylation sites (tertiary alicyclic amines) is 1. The van der Waals surface area contributed by atoms with E-state index in [0.717, 1.165) is 19.4 Å². The van der Waals surface area contributed by atoms with E-state index in [-0.39, 0.29) is 24.2 Å². The van der Waals surface area contributed by atoms with E-state index < -0.39 is 5.97 Å². The summed E-state index contributed by atoms with van der Waals surface area (Å²) in [6.45, 7) is 1.57.